The molecular formula is C23H14Cl3F3N6O. The molecule has 0 radical (unpaired) electrons. The highest BCUT2D eigenvalue weighted by Gasteiger charge is 2.30. The molecule has 0 bridgehead atoms. The van der Waals surface area contributed by atoms with Crippen molar-refractivity contribution in [2.24, 2.45) is 5.10 Å². The number of hydrogen-bond donors (Lipinski definition) is 2. The molecule has 2 N–H and O–H groups in total. The number of rotatable bonds is 7. The normalized spacial score (nSPS) is 11.5. The largest absolute Gasteiger partial charge is 0.573 e. The molecule has 36 heavy (non-hydrogen) atoms. The van der Waals surface area contributed by atoms with E-state index in [2.05, 4.69) is 35.5 Å². The second-order valence-corrected chi connectivity index (χ2v) is 8.30. The van der Waals surface area contributed by atoms with Crippen LogP contribution in [-0.4, -0.2) is 27.5 Å². The lowest BCUT2D eigenvalue weighted by Crippen LogP contribution is -2.17. The summed E-state index contributed by atoms with van der Waals surface area (Å²) < 4.78 is 40.8. The van der Waals surface area contributed by atoms with Crippen LogP contribution in [0.1, 0.15) is 5.56 Å². The standard InChI is InChI=1S/C23H14Cl3F3N6O/c24-15-4-6-16(7-5-15)31-21-32-20(14-3-10-18(25)19(26)11-14)33-22(34-21)35-30-12-13-1-8-17(9-2-13)36-23(27,28)29/h1-12H,(H2,31,32,33,34,35). The Balaban J connectivity index is 1.57. The first-order valence-electron chi connectivity index (χ1n) is 10.0. The van der Waals surface area contributed by atoms with E-state index in [4.69, 9.17) is 34.8 Å². The first-order valence-corrected chi connectivity index (χ1v) is 11.2. The lowest BCUT2D eigenvalue weighted by atomic mass is 10.2. The van der Waals surface area contributed by atoms with Crippen molar-refractivity contribution < 1.29 is 17.9 Å². The molecule has 0 unspecified atom stereocenters. The van der Waals surface area contributed by atoms with E-state index in [0.717, 1.165) is 0 Å². The van der Waals surface area contributed by atoms with E-state index >= 15 is 0 Å². The van der Waals surface area contributed by atoms with Crippen LogP contribution in [0, 0.1) is 0 Å². The number of alkyl halides is 3. The van der Waals surface area contributed by atoms with Gasteiger partial charge < -0.3 is 10.1 Å². The van der Waals surface area contributed by atoms with Gasteiger partial charge >= 0.3 is 6.36 Å². The van der Waals surface area contributed by atoms with Crippen molar-refractivity contribution in [3.8, 4) is 17.1 Å². The van der Waals surface area contributed by atoms with E-state index in [1.807, 2.05) is 0 Å². The average Bonchev–Trinajstić information content (AvgIpc) is 2.82. The lowest BCUT2D eigenvalue weighted by molar-refractivity contribution is -0.274. The van der Waals surface area contributed by atoms with Crippen LogP contribution in [0.25, 0.3) is 11.4 Å². The van der Waals surface area contributed by atoms with Crippen LogP contribution in [0.15, 0.2) is 71.8 Å². The third kappa shape index (κ3) is 7.20. The highest BCUT2D eigenvalue weighted by molar-refractivity contribution is 6.42. The van der Waals surface area contributed by atoms with Crippen molar-refractivity contribution >= 4 is 58.6 Å². The molecule has 0 atom stereocenters. The minimum Gasteiger partial charge on any atom is -0.406 e. The molecule has 184 valence electrons. The zero-order chi connectivity index (χ0) is 25.7. The quantitative estimate of drug-likeness (QED) is 0.181. The number of benzene rings is 3. The summed E-state index contributed by atoms with van der Waals surface area (Å²) in [6.07, 6.45) is -3.38. The van der Waals surface area contributed by atoms with Gasteiger partial charge in [0, 0.05) is 16.3 Å². The van der Waals surface area contributed by atoms with E-state index < -0.39 is 6.36 Å². The number of nitrogens with one attached hydrogen (secondary N) is 2. The number of nitrogens with zero attached hydrogens (tertiary/aromatic N) is 4. The van der Waals surface area contributed by atoms with Crippen LogP contribution in [0.5, 0.6) is 5.75 Å². The molecule has 3 aromatic carbocycles. The third-order valence-electron chi connectivity index (χ3n) is 4.41. The van der Waals surface area contributed by atoms with Gasteiger partial charge in [-0.15, -0.1) is 13.2 Å². The number of halogens is 6. The van der Waals surface area contributed by atoms with Crippen molar-refractivity contribution in [3.63, 3.8) is 0 Å². The number of aromatic nitrogens is 3. The summed E-state index contributed by atoms with van der Waals surface area (Å²) >= 11 is 18.1. The molecule has 4 aromatic rings. The van der Waals surface area contributed by atoms with Gasteiger partial charge in [-0.1, -0.05) is 34.8 Å². The third-order valence-corrected chi connectivity index (χ3v) is 5.40. The predicted molar refractivity (Wildman–Crippen MR) is 134 cm³/mol. The Hall–Kier alpha value is -3.60. The summed E-state index contributed by atoms with van der Waals surface area (Å²) in [5, 5.41) is 8.40. The fraction of sp³-hybridized carbons (Fsp3) is 0.0435. The molecule has 0 saturated carbocycles. The van der Waals surface area contributed by atoms with Crippen LogP contribution in [0.2, 0.25) is 15.1 Å². The summed E-state index contributed by atoms with van der Waals surface area (Å²) in [7, 11) is 0. The molecule has 7 nitrogen and oxygen atoms in total. The van der Waals surface area contributed by atoms with E-state index in [-0.39, 0.29) is 23.5 Å². The smallest absolute Gasteiger partial charge is 0.406 e. The van der Waals surface area contributed by atoms with Gasteiger partial charge in [-0.2, -0.15) is 20.1 Å². The van der Waals surface area contributed by atoms with E-state index in [9.17, 15) is 13.2 Å². The maximum Gasteiger partial charge on any atom is 0.573 e. The van der Waals surface area contributed by atoms with Gasteiger partial charge in [-0.25, -0.2) is 5.43 Å². The van der Waals surface area contributed by atoms with Gasteiger partial charge in [0.2, 0.25) is 11.9 Å². The topological polar surface area (TPSA) is 84.3 Å². The zero-order valence-corrected chi connectivity index (χ0v) is 20.2. The van der Waals surface area contributed by atoms with Crippen LogP contribution in [-0.2, 0) is 0 Å². The highest BCUT2D eigenvalue weighted by Crippen LogP contribution is 2.28. The Kier molecular flexibility index (Phi) is 7.78. The number of ether oxygens (including phenoxy) is 1. The van der Waals surface area contributed by atoms with Gasteiger partial charge in [0.1, 0.15) is 5.75 Å². The van der Waals surface area contributed by atoms with Gasteiger partial charge in [0.15, 0.2) is 5.82 Å². The summed E-state index contributed by atoms with van der Waals surface area (Å²) in [5.41, 5.74) is 4.47. The predicted octanol–water partition coefficient (Wildman–Crippen LogP) is 7.59. The van der Waals surface area contributed by atoms with Crippen molar-refractivity contribution in [2.45, 2.75) is 6.36 Å². The zero-order valence-electron chi connectivity index (χ0n) is 17.9. The highest BCUT2D eigenvalue weighted by atomic mass is 35.5. The van der Waals surface area contributed by atoms with Crippen molar-refractivity contribution in [1.29, 1.82) is 0 Å². The Morgan fingerprint density at radius 3 is 2.17 bits per heavy atom. The molecule has 0 amide bonds. The Labute approximate surface area is 217 Å². The number of anilines is 3. The maximum absolute atomic E-state index is 12.3. The Morgan fingerprint density at radius 2 is 1.50 bits per heavy atom. The van der Waals surface area contributed by atoms with Crippen LogP contribution in [0.4, 0.5) is 30.8 Å². The second kappa shape index (κ2) is 11.0. The first kappa shape index (κ1) is 25.5. The van der Waals surface area contributed by atoms with Crippen LogP contribution in [0.3, 0.4) is 0 Å². The Bertz CT molecular complexity index is 1380. The molecule has 4 rings (SSSR count). The van der Waals surface area contributed by atoms with E-state index in [0.29, 0.717) is 31.9 Å². The van der Waals surface area contributed by atoms with E-state index in [1.165, 1.54) is 30.5 Å². The van der Waals surface area contributed by atoms with Gasteiger partial charge in [-0.05, 0) is 72.3 Å². The lowest BCUT2D eigenvalue weighted by Gasteiger charge is -2.10. The van der Waals surface area contributed by atoms with Crippen LogP contribution < -0.4 is 15.5 Å². The minimum atomic E-state index is -4.76. The second-order valence-electron chi connectivity index (χ2n) is 7.05. The van der Waals surface area contributed by atoms with Gasteiger partial charge in [-0.3, -0.25) is 0 Å². The summed E-state index contributed by atoms with van der Waals surface area (Å²) in [6.45, 7) is 0. The SMILES string of the molecule is FC(F)(F)Oc1ccc(C=NNc2nc(Nc3ccc(Cl)cc3)nc(-c3ccc(Cl)c(Cl)c3)n2)cc1. The van der Waals surface area contributed by atoms with Crippen molar-refractivity contribution in [2.75, 3.05) is 10.7 Å². The molecule has 0 aliphatic heterocycles. The molecule has 1 aromatic heterocycles. The monoisotopic (exact) mass is 552 g/mol. The molecular weight excluding hydrogens is 540 g/mol. The molecule has 13 heteroatoms. The number of hydrogen-bond acceptors (Lipinski definition) is 7. The van der Waals surface area contributed by atoms with Gasteiger partial charge in [0.25, 0.3) is 0 Å². The summed E-state index contributed by atoms with van der Waals surface area (Å²) in [4.78, 5) is 13.1. The molecule has 0 aliphatic rings. The first-order chi connectivity index (χ1) is 17.1. The fourth-order valence-corrected chi connectivity index (χ4v) is 3.25. The van der Waals surface area contributed by atoms with Crippen molar-refractivity contribution in [3.05, 3.63) is 87.4 Å². The maximum atomic E-state index is 12.3. The van der Waals surface area contributed by atoms with Crippen molar-refractivity contribution in [1.82, 2.24) is 15.0 Å². The molecule has 0 spiro atoms. The molecule has 1 heterocycles. The summed E-state index contributed by atoms with van der Waals surface area (Å²) in [6, 6.07) is 17.0. The van der Waals surface area contributed by atoms with E-state index in [1.54, 1.807) is 42.5 Å². The number of hydrazone groups is 1. The fourth-order valence-electron chi connectivity index (χ4n) is 2.83. The van der Waals surface area contributed by atoms with Crippen LogP contribution >= 0.6 is 34.8 Å². The average molecular weight is 554 g/mol. The Morgan fingerprint density at radius 1 is 0.806 bits per heavy atom. The minimum absolute atomic E-state index is 0.0933. The summed E-state index contributed by atoms with van der Waals surface area (Å²) in [5.74, 6) is 0.246. The van der Waals surface area contributed by atoms with Gasteiger partial charge in [0.05, 0.1) is 16.3 Å². The molecule has 0 saturated heterocycles. The molecule has 0 aliphatic carbocycles. The molecule has 0 fully saturated rings.